The number of aromatic nitrogens is 3. The number of ether oxygens (including phenoxy) is 1. The summed E-state index contributed by atoms with van der Waals surface area (Å²) in [5, 5.41) is 4.71. The van der Waals surface area contributed by atoms with Gasteiger partial charge < -0.3 is 4.74 Å². The largest absolute Gasteiger partial charge is 0.497 e. The van der Waals surface area contributed by atoms with Crippen LogP contribution in [0, 0.1) is 6.92 Å². The summed E-state index contributed by atoms with van der Waals surface area (Å²) < 4.78 is 7.10. The number of aryl methyl sites for hydroxylation is 1. The van der Waals surface area contributed by atoms with E-state index in [0.29, 0.717) is 0 Å². The van der Waals surface area contributed by atoms with Crippen LogP contribution >= 0.6 is 0 Å². The van der Waals surface area contributed by atoms with Gasteiger partial charge in [-0.3, -0.25) is 0 Å². The fourth-order valence-corrected chi connectivity index (χ4v) is 3.03. The highest BCUT2D eigenvalue weighted by Gasteiger charge is 2.13. The van der Waals surface area contributed by atoms with E-state index in [-0.39, 0.29) is 0 Å². The first-order valence-corrected chi connectivity index (χ1v) is 8.48. The highest BCUT2D eigenvalue weighted by atomic mass is 16.5. The number of hydrogen-bond acceptors (Lipinski definition) is 3. The smallest absolute Gasteiger partial charge is 0.163 e. The molecule has 0 radical (unpaired) electrons. The summed E-state index contributed by atoms with van der Waals surface area (Å²) in [6.07, 6.45) is 5.95. The van der Waals surface area contributed by atoms with Gasteiger partial charge in [-0.2, -0.15) is 5.10 Å². The van der Waals surface area contributed by atoms with Crippen molar-refractivity contribution in [1.29, 1.82) is 0 Å². The van der Waals surface area contributed by atoms with Crippen molar-refractivity contribution in [1.82, 2.24) is 14.6 Å². The summed E-state index contributed by atoms with van der Waals surface area (Å²) in [5.74, 6) is 0.851. The summed E-state index contributed by atoms with van der Waals surface area (Å²) in [4.78, 5) is 4.57. The Bertz CT molecular complexity index is 1060. The Morgan fingerprint density at radius 3 is 2.42 bits per heavy atom. The molecule has 0 aliphatic carbocycles. The van der Waals surface area contributed by atoms with Gasteiger partial charge >= 0.3 is 0 Å². The van der Waals surface area contributed by atoms with E-state index in [2.05, 4.69) is 29.3 Å². The zero-order chi connectivity index (χ0) is 17.9. The minimum atomic E-state index is 0.851. The third-order valence-electron chi connectivity index (χ3n) is 4.35. The van der Waals surface area contributed by atoms with Crippen LogP contribution in [0.25, 0.3) is 28.9 Å². The van der Waals surface area contributed by atoms with Crippen molar-refractivity contribution in [3.8, 4) is 16.9 Å². The van der Waals surface area contributed by atoms with Crippen LogP contribution in [0.3, 0.4) is 0 Å². The number of methoxy groups -OCH3 is 1. The number of benzene rings is 2. The van der Waals surface area contributed by atoms with E-state index in [1.54, 1.807) is 7.11 Å². The second-order valence-electron chi connectivity index (χ2n) is 6.04. The van der Waals surface area contributed by atoms with Crippen LogP contribution in [0.15, 0.2) is 66.9 Å². The van der Waals surface area contributed by atoms with Gasteiger partial charge in [0.15, 0.2) is 5.65 Å². The third-order valence-corrected chi connectivity index (χ3v) is 4.35. The number of hydrogen-bond donors (Lipinski definition) is 0. The van der Waals surface area contributed by atoms with E-state index >= 15 is 0 Å². The Labute approximate surface area is 152 Å². The monoisotopic (exact) mass is 341 g/mol. The minimum absolute atomic E-state index is 0.851. The molecule has 2 aromatic carbocycles. The predicted molar refractivity (Wildman–Crippen MR) is 105 cm³/mol. The van der Waals surface area contributed by atoms with Crippen molar-refractivity contribution in [2.45, 2.75) is 6.92 Å². The number of fused-ring (bicyclic) bond motifs is 1. The molecule has 0 bridgehead atoms. The first-order valence-electron chi connectivity index (χ1n) is 8.48. The summed E-state index contributed by atoms with van der Waals surface area (Å²) >= 11 is 0. The zero-order valence-electron chi connectivity index (χ0n) is 14.8. The molecule has 0 atom stereocenters. The summed E-state index contributed by atoms with van der Waals surface area (Å²) in [5.41, 5.74) is 6.12. The highest BCUT2D eigenvalue weighted by molar-refractivity contribution is 5.81. The number of rotatable bonds is 4. The minimum Gasteiger partial charge on any atom is -0.497 e. The summed E-state index contributed by atoms with van der Waals surface area (Å²) in [6, 6.07) is 20.2. The lowest BCUT2D eigenvalue weighted by Gasteiger charge is -2.02. The number of nitrogens with zero attached hydrogens (tertiary/aromatic N) is 3. The molecule has 0 N–H and O–H groups in total. The molecule has 0 aliphatic heterocycles. The molecule has 4 nitrogen and oxygen atoms in total. The third kappa shape index (κ3) is 2.97. The maximum Gasteiger partial charge on any atom is 0.163 e. The fraction of sp³-hybridized carbons (Fsp3) is 0.0909. The van der Waals surface area contributed by atoms with Gasteiger partial charge in [-0.05, 0) is 42.3 Å². The molecule has 0 aliphatic rings. The van der Waals surface area contributed by atoms with Crippen LogP contribution in [0.4, 0.5) is 0 Å². The van der Waals surface area contributed by atoms with Gasteiger partial charge in [0.2, 0.25) is 0 Å². The molecule has 26 heavy (non-hydrogen) atoms. The summed E-state index contributed by atoms with van der Waals surface area (Å²) in [6.45, 7) is 2.02. The van der Waals surface area contributed by atoms with Crippen LogP contribution in [-0.2, 0) is 0 Å². The molecular formula is C22H19N3O. The van der Waals surface area contributed by atoms with Gasteiger partial charge in [0, 0.05) is 11.8 Å². The normalized spacial score (nSPS) is 11.3. The van der Waals surface area contributed by atoms with Crippen LogP contribution in [0.2, 0.25) is 0 Å². The van der Waals surface area contributed by atoms with Crippen molar-refractivity contribution >= 4 is 17.8 Å². The lowest BCUT2D eigenvalue weighted by molar-refractivity contribution is 0.415. The van der Waals surface area contributed by atoms with Gasteiger partial charge in [-0.25, -0.2) is 9.50 Å². The molecule has 0 saturated carbocycles. The summed E-state index contributed by atoms with van der Waals surface area (Å²) in [7, 11) is 1.67. The van der Waals surface area contributed by atoms with E-state index in [1.165, 1.54) is 0 Å². The molecule has 0 amide bonds. The highest BCUT2D eigenvalue weighted by Crippen LogP contribution is 2.27. The van der Waals surface area contributed by atoms with Gasteiger partial charge in [0.1, 0.15) is 5.75 Å². The van der Waals surface area contributed by atoms with Crippen molar-refractivity contribution < 1.29 is 4.74 Å². The van der Waals surface area contributed by atoms with Crippen molar-refractivity contribution in [3.63, 3.8) is 0 Å². The van der Waals surface area contributed by atoms with Crippen LogP contribution in [0.5, 0.6) is 5.75 Å². The molecule has 0 unspecified atom stereocenters. The quantitative estimate of drug-likeness (QED) is 0.531. The molecule has 0 spiro atoms. The van der Waals surface area contributed by atoms with Crippen molar-refractivity contribution in [3.05, 3.63) is 83.8 Å². The molecule has 0 saturated heterocycles. The van der Waals surface area contributed by atoms with Gasteiger partial charge in [-0.1, -0.05) is 48.5 Å². The van der Waals surface area contributed by atoms with Crippen LogP contribution < -0.4 is 4.74 Å². The molecule has 2 heterocycles. The average molecular weight is 341 g/mol. The van der Waals surface area contributed by atoms with Gasteiger partial charge in [0.05, 0.1) is 18.5 Å². The van der Waals surface area contributed by atoms with Crippen LogP contribution in [0.1, 0.15) is 17.0 Å². The Morgan fingerprint density at radius 2 is 1.69 bits per heavy atom. The molecule has 128 valence electrons. The van der Waals surface area contributed by atoms with Gasteiger partial charge in [0.25, 0.3) is 0 Å². The van der Waals surface area contributed by atoms with E-state index in [9.17, 15) is 0 Å². The Balaban J connectivity index is 1.76. The van der Waals surface area contributed by atoms with Crippen LogP contribution in [-0.4, -0.2) is 21.7 Å². The lowest BCUT2D eigenvalue weighted by atomic mass is 10.1. The molecule has 4 heteroatoms. The average Bonchev–Trinajstić information content (AvgIpc) is 3.04. The topological polar surface area (TPSA) is 39.4 Å². The SMILES string of the molecule is COc1ccc(C=Cc2ccnc3c(-c4ccccc4)c(C)nn23)cc1. The first kappa shape index (κ1) is 16.1. The maximum atomic E-state index is 5.20. The Morgan fingerprint density at radius 1 is 0.923 bits per heavy atom. The molecule has 4 rings (SSSR count). The molecule has 0 fully saturated rings. The zero-order valence-corrected chi connectivity index (χ0v) is 14.8. The first-order chi connectivity index (χ1) is 12.8. The van der Waals surface area contributed by atoms with E-state index in [4.69, 9.17) is 9.84 Å². The van der Waals surface area contributed by atoms with Crippen molar-refractivity contribution in [2.75, 3.05) is 7.11 Å². The second-order valence-corrected chi connectivity index (χ2v) is 6.04. The Kier molecular flexibility index (Phi) is 4.23. The molecule has 2 aromatic heterocycles. The maximum absolute atomic E-state index is 5.20. The lowest BCUT2D eigenvalue weighted by Crippen LogP contribution is -1.95. The van der Waals surface area contributed by atoms with E-state index in [1.807, 2.05) is 66.2 Å². The standard InChI is InChI=1S/C22H19N3O/c1-16-21(18-6-4-3-5-7-18)22-23-15-14-19(25(22)24-16)11-8-17-9-12-20(26-2)13-10-17/h3-15H,1-2H3. The molecular weight excluding hydrogens is 322 g/mol. The van der Waals surface area contributed by atoms with E-state index < -0.39 is 0 Å². The Hall–Kier alpha value is -3.40. The molecule has 4 aromatic rings. The van der Waals surface area contributed by atoms with Crippen molar-refractivity contribution in [2.24, 2.45) is 0 Å². The van der Waals surface area contributed by atoms with E-state index in [0.717, 1.165) is 39.5 Å². The predicted octanol–water partition coefficient (Wildman–Crippen LogP) is 4.88. The fourth-order valence-electron chi connectivity index (χ4n) is 3.03. The van der Waals surface area contributed by atoms with Gasteiger partial charge in [-0.15, -0.1) is 0 Å². The second kappa shape index (κ2) is 6.84.